The molecule has 0 aliphatic rings. The van der Waals surface area contributed by atoms with E-state index in [0.717, 1.165) is 5.39 Å². The van der Waals surface area contributed by atoms with Gasteiger partial charge in [-0.3, -0.25) is 4.21 Å². The van der Waals surface area contributed by atoms with E-state index in [-0.39, 0.29) is 34.6 Å². The smallest absolute Gasteiger partial charge is 0.766 e. The van der Waals surface area contributed by atoms with Gasteiger partial charge >= 0.3 is 29.6 Å². The fourth-order valence-corrected chi connectivity index (χ4v) is 1.42. The van der Waals surface area contributed by atoms with E-state index in [1.165, 1.54) is 6.07 Å². The molecule has 0 saturated heterocycles. The molecule has 1 atom stereocenters. The van der Waals surface area contributed by atoms with Gasteiger partial charge in [0.05, 0.1) is 0 Å². The molecule has 0 radical (unpaired) electrons. The largest absolute Gasteiger partial charge is 1.00 e. The molecule has 2 aromatic rings. The van der Waals surface area contributed by atoms with E-state index in [9.17, 15) is 8.76 Å². The fraction of sp³-hybridized carbons (Fsp3) is 0. The van der Waals surface area contributed by atoms with E-state index in [2.05, 4.69) is 0 Å². The van der Waals surface area contributed by atoms with E-state index in [4.69, 9.17) is 4.42 Å². The Bertz CT molecular complexity index is 405. The molecule has 1 aromatic carbocycles. The molecule has 0 saturated carbocycles. The van der Waals surface area contributed by atoms with Gasteiger partial charge in [0.25, 0.3) is 0 Å². The molecule has 13 heavy (non-hydrogen) atoms. The minimum atomic E-state index is -2.28. The zero-order valence-electron chi connectivity index (χ0n) is 7.02. The van der Waals surface area contributed by atoms with E-state index < -0.39 is 11.1 Å². The van der Waals surface area contributed by atoms with Crippen LogP contribution in [0.25, 0.3) is 11.0 Å². The molecule has 0 fully saturated rings. The van der Waals surface area contributed by atoms with Crippen molar-refractivity contribution < 1.29 is 42.7 Å². The molecule has 3 nitrogen and oxygen atoms in total. The number of rotatable bonds is 1. The monoisotopic (exact) mass is 204 g/mol. The Morgan fingerprint density at radius 3 is 2.62 bits per heavy atom. The third kappa shape index (κ3) is 2.21. The molecule has 5 heteroatoms. The van der Waals surface area contributed by atoms with Gasteiger partial charge in [0.15, 0.2) is 5.09 Å². The summed E-state index contributed by atoms with van der Waals surface area (Å²) in [5.74, 6) is 0. The first-order valence-electron chi connectivity index (χ1n) is 3.35. The van der Waals surface area contributed by atoms with Gasteiger partial charge in [-0.1, -0.05) is 18.2 Å². The van der Waals surface area contributed by atoms with Gasteiger partial charge in [0.2, 0.25) is 0 Å². The molecule has 1 aromatic heterocycles. The van der Waals surface area contributed by atoms with E-state index in [0.29, 0.717) is 5.58 Å². The number of hydrogen-bond acceptors (Lipinski definition) is 3. The second-order valence-electron chi connectivity index (χ2n) is 2.34. The number of fused-ring (bicyclic) bond motifs is 1. The third-order valence-electron chi connectivity index (χ3n) is 1.57. The third-order valence-corrected chi connectivity index (χ3v) is 2.10. The van der Waals surface area contributed by atoms with E-state index >= 15 is 0 Å². The standard InChI is InChI=1S/C8H6O3S.Na/c9-12(10)8-5-6-3-1-2-4-7(6)11-8;/h1-5H,(H,9,10);/q;+1/p-1. The minimum absolute atomic E-state index is 0. The van der Waals surface area contributed by atoms with Crippen molar-refractivity contribution in [2.24, 2.45) is 0 Å². The molecule has 0 bridgehead atoms. The first kappa shape index (κ1) is 10.9. The summed E-state index contributed by atoms with van der Waals surface area (Å²) in [5, 5.41) is 0.785. The molecule has 0 aliphatic carbocycles. The average Bonchev–Trinajstić information content (AvgIpc) is 2.46. The van der Waals surface area contributed by atoms with Crippen LogP contribution >= 0.6 is 0 Å². The topological polar surface area (TPSA) is 53.3 Å². The molecule has 2 rings (SSSR count). The van der Waals surface area contributed by atoms with Crippen LogP contribution in [0.2, 0.25) is 0 Å². The van der Waals surface area contributed by atoms with Gasteiger partial charge < -0.3 is 8.97 Å². The van der Waals surface area contributed by atoms with Gasteiger partial charge in [-0.2, -0.15) is 0 Å². The van der Waals surface area contributed by atoms with Gasteiger partial charge in [0.1, 0.15) is 5.58 Å². The van der Waals surface area contributed by atoms with Gasteiger partial charge in [-0.15, -0.1) is 0 Å². The number of para-hydroxylation sites is 1. The van der Waals surface area contributed by atoms with Crippen LogP contribution in [-0.2, 0) is 11.1 Å². The molecule has 0 spiro atoms. The summed E-state index contributed by atoms with van der Waals surface area (Å²) in [6.45, 7) is 0. The Morgan fingerprint density at radius 2 is 2.00 bits per heavy atom. The minimum Gasteiger partial charge on any atom is -0.766 e. The van der Waals surface area contributed by atoms with Crippen LogP contribution in [-0.4, -0.2) is 8.76 Å². The van der Waals surface area contributed by atoms with Crippen molar-refractivity contribution in [2.75, 3.05) is 0 Å². The van der Waals surface area contributed by atoms with Crippen LogP contribution in [0.15, 0.2) is 39.8 Å². The summed E-state index contributed by atoms with van der Waals surface area (Å²) in [6, 6.07) is 8.65. The predicted molar refractivity (Wildman–Crippen MR) is 43.4 cm³/mol. The first-order chi connectivity index (χ1) is 5.77. The van der Waals surface area contributed by atoms with Crippen molar-refractivity contribution in [3.05, 3.63) is 30.3 Å². The van der Waals surface area contributed by atoms with Crippen LogP contribution in [0.5, 0.6) is 0 Å². The number of hydrogen-bond donors (Lipinski definition) is 0. The quantitative estimate of drug-likeness (QED) is 0.427. The van der Waals surface area contributed by atoms with Crippen LogP contribution in [0, 0.1) is 0 Å². The Labute approximate surface area is 99.7 Å². The van der Waals surface area contributed by atoms with Gasteiger partial charge in [-0.05, 0) is 12.1 Å². The Morgan fingerprint density at radius 1 is 1.31 bits per heavy atom. The molecule has 1 unspecified atom stereocenters. The fourth-order valence-electron chi connectivity index (χ4n) is 1.04. The molecule has 62 valence electrons. The average molecular weight is 204 g/mol. The molecule has 0 amide bonds. The first-order valence-corrected chi connectivity index (χ1v) is 4.43. The SMILES string of the molecule is O=S([O-])c1cc2ccccc2o1.[Na+]. The van der Waals surface area contributed by atoms with Crippen molar-refractivity contribution in [3.63, 3.8) is 0 Å². The summed E-state index contributed by atoms with van der Waals surface area (Å²) in [5.41, 5.74) is 0.594. The molecular formula is C8H5NaO3S. The van der Waals surface area contributed by atoms with Crippen LogP contribution < -0.4 is 29.6 Å². The molecule has 1 heterocycles. The maximum absolute atomic E-state index is 10.5. The van der Waals surface area contributed by atoms with Crippen molar-refractivity contribution in [1.29, 1.82) is 0 Å². The van der Waals surface area contributed by atoms with Gasteiger partial charge in [0, 0.05) is 16.5 Å². The molecule has 0 aliphatic heterocycles. The normalized spacial score (nSPS) is 12.4. The Kier molecular flexibility index (Phi) is 3.70. The van der Waals surface area contributed by atoms with Crippen LogP contribution in [0.3, 0.4) is 0 Å². The van der Waals surface area contributed by atoms with Crippen LogP contribution in [0.4, 0.5) is 0 Å². The second kappa shape index (κ2) is 4.39. The van der Waals surface area contributed by atoms with Crippen molar-refractivity contribution in [3.8, 4) is 0 Å². The zero-order valence-corrected chi connectivity index (χ0v) is 9.84. The summed E-state index contributed by atoms with van der Waals surface area (Å²) in [7, 11) is 0. The summed E-state index contributed by atoms with van der Waals surface area (Å²) in [4.78, 5) is 0. The number of benzene rings is 1. The molecular weight excluding hydrogens is 199 g/mol. The van der Waals surface area contributed by atoms with Gasteiger partial charge in [-0.25, -0.2) is 0 Å². The van der Waals surface area contributed by atoms with E-state index in [1.54, 1.807) is 18.2 Å². The van der Waals surface area contributed by atoms with Crippen molar-refractivity contribution in [2.45, 2.75) is 5.09 Å². The summed E-state index contributed by atoms with van der Waals surface area (Å²) >= 11 is -2.28. The zero-order chi connectivity index (χ0) is 8.55. The maximum atomic E-state index is 10.5. The predicted octanol–water partition coefficient (Wildman–Crippen LogP) is -1.33. The Balaban J connectivity index is 0.000000845. The maximum Gasteiger partial charge on any atom is 1.00 e. The number of furan rings is 1. The summed E-state index contributed by atoms with van der Waals surface area (Å²) in [6.07, 6.45) is 0. The summed E-state index contributed by atoms with van der Waals surface area (Å²) < 4.78 is 26.0. The van der Waals surface area contributed by atoms with Crippen molar-refractivity contribution >= 4 is 22.0 Å². The Hall–Kier alpha value is -0.130. The second-order valence-corrected chi connectivity index (χ2v) is 3.21. The van der Waals surface area contributed by atoms with E-state index in [1.807, 2.05) is 6.07 Å². The van der Waals surface area contributed by atoms with Crippen LogP contribution in [0.1, 0.15) is 0 Å². The molecule has 0 N–H and O–H groups in total. The van der Waals surface area contributed by atoms with Crippen molar-refractivity contribution in [1.82, 2.24) is 0 Å².